The fourth-order valence-corrected chi connectivity index (χ4v) is 4.79. The maximum absolute atomic E-state index is 13.7. The standard InChI is InChI=1S/C25H27FN4O3/c1-25(24(32)27-19-6-3-2-4-7-19)16-30-21(14-20(28-30)22-8-5-13-33-22)23(31)29(25)15-17-9-11-18(26)12-10-17/h5,8-14,19H,2-4,6-7,15-16H2,1H3,(H,27,32)/t25-/m1/s1. The Labute approximate surface area is 191 Å². The summed E-state index contributed by atoms with van der Waals surface area (Å²) in [6.07, 6.45) is 6.82. The van der Waals surface area contributed by atoms with Crippen LogP contribution in [0.4, 0.5) is 4.39 Å². The molecule has 33 heavy (non-hydrogen) atoms. The summed E-state index contributed by atoms with van der Waals surface area (Å²) in [6.45, 7) is 2.19. The summed E-state index contributed by atoms with van der Waals surface area (Å²) < 4.78 is 20.5. The first-order chi connectivity index (χ1) is 15.9. The van der Waals surface area contributed by atoms with E-state index in [9.17, 15) is 14.0 Å². The zero-order chi connectivity index (χ0) is 23.0. The van der Waals surface area contributed by atoms with Gasteiger partial charge in [-0.15, -0.1) is 0 Å². The Balaban J connectivity index is 1.50. The highest BCUT2D eigenvalue weighted by atomic mass is 19.1. The van der Waals surface area contributed by atoms with Gasteiger partial charge in [0.15, 0.2) is 5.76 Å². The van der Waals surface area contributed by atoms with E-state index in [1.54, 1.807) is 53.1 Å². The van der Waals surface area contributed by atoms with Crippen LogP contribution in [0.15, 0.2) is 53.1 Å². The largest absolute Gasteiger partial charge is 0.463 e. The predicted molar refractivity (Wildman–Crippen MR) is 120 cm³/mol. The zero-order valence-electron chi connectivity index (χ0n) is 18.6. The van der Waals surface area contributed by atoms with E-state index in [1.807, 2.05) is 0 Å². The fraction of sp³-hybridized carbons (Fsp3) is 0.400. The van der Waals surface area contributed by atoms with Crippen LogP contribution in [0.5, 0.6) is 0 Å². The van der Waals surface area contributed by atoms with Crippen molar-refractivity contribution in [2.45, 2.75) is 63.7 Å². The van der Waals surface area contributed by atoms with Crippen molar-refractivity contribution in [3.05, 3.63) is 65.8 Å². The molecular weight excluding hydrogens is 423 g/mol. The number of amides is 2. The molecule has 0 spiro atoms. The van der Waals surface area contributed by atoms with E-state index in [4.69, 9.17) is 4.42 Å². The first-order valence-electron chi connectivity index (χ1n) is 11.4. The van der Waals surface area contributed by atoms with Crippen molar-refractivity contribution in [3.63, 3.8) is 0 Å². The van der Waals surface area contributed by atoms with Gasteiger partial charge in [0.2, 0.25) is 5.91 Å². The number of hydrogen-bond donors (Lipinski definition) is 1. The molecule has 1 aromatic carbocycles. The van der Waals surface area contributed by atoms with Gasteiger partial charge < -0.3 is 14.6 Å². The third-order valence-corrected chi connectivity index (χ3v) is 6.75. The number of aromatic nitrogens is 2. The quantitative estimate of drug-likeness (QED) is 0.633. The highest BCUT2D eigenvalue weighted by Crippen LogP contribution is 2.32. The van der Waals surface area contributed by atoms with Crippen LogP contribution in [0.25, 0.3) is 11.5 Å². The number of carbonyl (C=O) groups excluding carboxylic acids is 2. The van der Waals surface area contributed by atoms with E-state index in [-0.39, 0.29) is 36.8 Å². The molecule has 8 heteroatoms. The second-order valence-corrected chi connectivity index (χ2v) is 9.15. The molecule has 2 aromatic heterocycles. The Hall–Kier alpha value is -3.42. The molecule has 1 atom stereocenters. The molecule has 1 N–H and O–H groups in total. The van der Waals surface area contributed by atoms with Gasteiger partial charge in [-0.05, 0) is 49.6 Å². The molecule has 3 heterocycles. The number of benzene rings is 1. The molecule has 0 saturated heterocycles. The predicted octanol–water partition coefficient (Wildman–Crippen LogP) is 4.15. The molecule has 5 rings (SSSR count). The van der Waals surface area contributed by atoms with E-state index >= 15 is 0 Å². The Morgan fingerprint density at radius 3 is 2.67 bits per heavy atom. The number of nitrogens with zero attached hydrogens (tertiary/aromatic N) is 3. The summed E-state index contributed by atoms with van der Waals surface area (Å²) in [5.41, 5.74) is 0.539. The molecule has 0 radical (unpaired) electrons. The van der Waals surface area contributed by atoms with Crippen molar-refractivity contribution in [2.75, 3.05) is 0 Å². The van der Waals surface area contributed by atoms with Crippen molar-refractivity contribution in [3.8, 4) is 11.5 Å². The lowest BCUT2D eigenvalue weighted by Crippen LogP contribution is -2.64. The van der Waals surface area contributed by atoms with Crippen molar-refractivity contribution in [1.82, 2.24) is 20.0 Å². The Kier molecular flexibility index (Phi) is 5.52. The van der Waals surface area contributed by atoms with Gasteiger partial charge in [0, 0.05) is 18.7 Å². The normalized spacial score (nSPS) is 21.2. The van der Waals surface area contributed by atoms with Crippen LogP contribution in [0, 0.1) is 5.82 Å². The number of nitrogens with one attached hydrogen (secondary N) is 1. The molecule has 0 unspecified atom stereocenters. The molecule has 2 amide bonds. The highest BCUT2D eigenvalue weighted by Gasteiger charge is 2.48. The van der Waals surface area contributed by atoms with Gasteiger partial charge in [0.25, 0.3) is 5.91 Å². The van der Waals surface area contributed by atoms with Crippen LogP contribution < -0.4 is 5.32 Å². The zero-order valence-corrected chi connectivity index (χ0v) is 18.6. The van der Waals surface area contributed by atoms with E-state index in [1.165, 1.54) is 18.6 Å². The van der Waals surface area contributed by atoms with Gasteiger partial charge in [0.1, 0.15) is 22.7 Å². The van der Waals surface area contributed by atoms with E-state index < -0.39 is 5.54 Å². The molecule has 172 valence electrons. The van der Waals surface area contributed by atoms with Gasteiger partial charge in [-0.1, -0.05) is 31.4 Å². The minimum absolute atomic E-state index is 0.114. The third kappa shape index (κ3) is 4.05. The minimum Gasteiger partial charge on any atom is -0.463 e. The van der Waals surface area contributed by atoms with Crippen molar-refractivity contribution < 1.29 is 18.4 Å². The molecule has 1 aliphatic carbocycles. The molecule has 2 aliphatic rings. The summed E-state index contributed by atoms with van der Waals surface area (Å²) in [5.74, 6) is -0.270. The number of fused-ring (bicyclic) bond motifs is 1. The maximum Gasteiger partial charge on any atom is 0.273 e. The molecule has 1 fully saturated rings. The maximum atomic E-state index is 13.7. The second kappa shape index (κ2) is 8.50. The van der Waals surface area contributed by atoms with E-state index in [0.717, 1.165) is 31.2 Å². The lowest BCUT2D eigenvalue weighted by molar-refractivity contribution is -0.134. The molecule has 1 aliphatic heterocycles. The average molecular weight is 451 g/mol. The first kappa shape index (κ1) is 21.4. The number of carbonyl (C=O) groups is 2. The first-order valence-corrected chi connectivity index (χ1v) is 11.4. The molecule has 7 nitrogen and oxygen atoms in total. The summed E-state index contributed by atoms with van der Waals surface area (Å²) >= 11 is 0. The van der Waals surface area contributed by atoms with Crippen LogP contribution >= 0.6 is 0 Å². The van der Waals surface area contributed by atoms with Crippen LogP contribution in [-0.2, 0) is 17.9 Å². The number of rotatable bonds is 5. The lowest BCUT2D eigenvalue weighted by atomic mass is 9.91. The molecular formula is C25H27FN4O3. The highest BCUT2D eigenvalue weighted by molar-refractivity contribution is 6.00. The van der Waals surface area contributed by atoms with E-state index in [0.29, 0.717) is 17.1 Å². The summed E-state index contributed by atoms with van der Waals surface area (Å²) in [4.78, 5) is 28.9. The third-order valence-electron chi connectivity index (χ3n) is 6.75. The summed E-state index contributed by atoms with van der Waals surface area (Å²) in [6, 6.07) is 11.4. The average Bonchev–Trinajstić information content (AvgIpc) is 3.48. The van der Waals surface area contributed by atoms with Crippen molar-refractivity contribution >= 4 is 11.8 Å². The Morgan fingerprint density at radius 1 is 1.21 bits per heavy atom. The number of hydrogen-bond acceptors (Lipinski definition) is 4. The minimum atomic E-state index is -1.15. The van der Waals surface area contributed by atoms with Crippen LogP contribution in [0.1, 0.15) is 55.1 Å². The monoisotopic (exact) mass is 450 g/mol. The van der Waals surface area contributed by atoms with Crippen LogP contribution in [0.2, 0.25) is 0 Å². The molecule has 0 bridgehead atoms. The number of furan rings is 1. The molecule has 3 aromatic rings. The number of halogens is 1. The smallest absolute Gasteiger partial charge is 0.273 e. The summed E-state index contributed by atoms with van der Waals surface area (Å²) in [7, 11) is 0. The van der Waals surface area contributed by atoms with Gasteiger partial charge in [-0.3, -0.25) is 14.3 Å². The Morgan fingerprint density at radius 2 is 1.97 bits per heavy atom. The van der Waals surface area contributed by atoms with Gasteiger partial charge in [-0.2, -0.15) is 5.10 Å². The van der Waals surface area contributed by atoms with Crippen molar-refractivity contribution in [2.24, 2.45) is 0 Å². The van der Waals surface area contributed by atoms with Gasteiger partial charge in [0.05, 0.1) is 12.8 Å². The van der Waals surface area contributed by atoms with Gasteiger partial charge in [-0.25, -0.2) is 4.39 Å². The fourth-order valence-electron chi connectivity index (χ4n) is 4.79. The molecule has 1 saturated carbocycles. The second-order valence-electron chi connectivity index (χ2n) is 9.15. The Bertz CT molecular complexity index is 1150. The summed E-state index contributed by atoms with van der Waals surface area (Å²) in [5, 5.41) is 7.75. The lowest BCUT2D eigenvalue weighted by Gasteiger charge is -2.44. The topological polar surface area (TPSA) is 80.4 Å². The van der Waals surface area contributed by atoms with Gasteiger partial charge >= 0.3 is 0 Å². The van der Waals surface area contributed by atoms with Crippen LogP contribution in [-0.4, -0.2) is 38.1 Å². The van der Waals surface area contributed by atoms with Crippen molar-refractivity contribution in [1.29, 1.82) is 0 Å². The van der Waals surface area contributed by atoms with Crippen LogP contribution in [0.3, 0.4) is 0 Å². The SMILES string of the molecule is C[C@]1(C(=O)NC2CCCCC2)Cn2nc(-c3ccco3)cc2C(=O)N1Cc1ccc(F)cc1. The van der Waals surface area contributed by atoms with E-state index in [2.05, 4.69) is 10.4 Å².